The minimum absolute atomic E-state index is 0.916. The summed E-state index contributed by atoms with van der Waals surface area (Å²) in [7, 11) is 0. The smallest absolute Gasteiger partial charge is 0.143 e. The van der Waals surface area contributed by atoms with Gasteiger partial charge in [0.15, 0.2) is 0 Å². The molecule has 2 heteroatoms. The Morgan fingerprint density at radius 3 is 1.93 bits per heavy atom. The van der Waals surface area contributed by atoms with Crippen molar-refractivity contribution in [2.24, 2.45) is 0 Å². The van der Waals surface area contributed by atoms with E-state index in [1.165, 1.54) is 33.2 Å². The highest BCUT2D eigenvalue weighted by Gasteiger charge is 2.23. The maximum absolute atomic E-state index is 6.54. The number of para-hydroxylation sites is 1. The second kappa shape index (κ2) is 10.3. The Hall–Kier alpha value is -5.60. The predicted octanol–water partition coefficient (Wildman–Crippen LogP) is 11.9. The van der Waals surface area contributed by atoms with Crippen molar-refractivity contribution < 1.29 is 4.42 Å². The van der Waals surface area contributed by atoms with Gasteiger partial charge in [-0.1, -0.05) is 127 Å². The van der Waals surface area contributed by atoms with Gasteiger partial charge in [-0.25, -0.2) is 0 Å². The van der Waals surface area contributed by atoms with E-state index in [4.69, 9.17) is 4.42 Å². The van der Waals surface area contributed by atoms with Gasteiger partial charge in [0, 0.05) is 32.8 Å². The van der Waals surface area contributed by atoms with Gasteiger partial charge in [0.05, 0.1) is 11.4 Å². The predicted molar refractivity (Wildman–Crippen MR) is 182 cm³/mol. The van der Waals surface area contributed by atoms with Crippen molar-refractivity contribution in [3.63, 3.8) is 0 Å². The van der Waals surface area contributed by atoms with Crippen LogP contribution in [0.15, 0.2) is 162 Å². The summed E-state index contributed by atoms with van der Waals surface area (Å²) in [6.45, 7) is 2.16. The molecule has 0 atom stereocenters. The molecule has 1 heterocycles. The van der Waals surface area contributed by atoms with E-state index in [1.54, 1.807) is 0 Å². The van der Waals surface area contributed by atoms with Crippen LogP contribution < -0.4 is 4.90 Å². The zero-order valence-electron chi connectivity index (χ0n) is 23.9. The van der Waals surface area contributed by atoms with Crippen molar-refractivity contribution in [1.29, 1.82) is 0 Å². The van der Waals surface area contributed by atoms with Crippen molar-refractivity contribution >= 4 is 49.8 Å². The fourth-order valence-corrected chi connectivity index (χ4v) is 6.38. The zero-order valence-corrected chi connectivity index (χ0v) is 23.9. The minimum Gasteiger partial charge on any atom is -0.455 e. The summed E-state index contributed by atoms with van der Waals surface area (Å²) in [4.78, 5) is 2.42. The lowest BCUT2D eigenvalue weighted by Gasteiger charge is -2.29. The van der Waals surface area contributed by atoms with E-state index >= 15 is 0 Å². The van der Waals surface area contributed by atoms with E-state index in [2.05, 4.69) is 170 Å². The average molecular weight is 552 g/mol. The topological polar surface area (TPSA) is 16.4 Å². The molecule has 0 amide bonds. The number of aryl methyl sites for hydroxylation is 1. The van der Waals surface area contributed by atoms with Gasteiger partial charge in [-0.2, -0.15) is 0 Å². The lowest BCUT2D eigenvalue weighted by molar-refractivity contribution is 0.672. The molecule has 8 rings (SSSR count). The summed E-state index contributed by atoms with van der Waals surface area (Å²) in [6, 6.07) is 56.1. The molecule has 0 spiro atoms. The van der Waals surface area contributed by atoms with Crippen LogP contribution in [0.1, 0.15) is 5.56 Å². The highest BCUT2D eigenvalue weighted by Crippen LogP contribution is 2.47. The third kappa shape index (κ3) is 4.27. The largest absolute Gasteiger partial charge is 0.455 e. The number of benzene rings is 7. The maximum atomic E-state index is 6.54. The molecule has 0 aliphatic rings. The van der Waals surface area contributed by atoms with Crippen LogP contribution in [0.4, 0.5) is 17.1 Å². The third-order valence-electron chi connectivity index (χ3n) is 8.37. The number of anilines is 3. The Balaban J connectivity index is 1.48. The molecule has 1 aromatic heterocycles. The Kier molecular flexibility index (Phi) is 6.05. The van der Waals surface area contributed by atoms with Crippen LogP contribution in [0.25, 0.3) is 55.0 Å². The molecule has 204 valence electrons. The van der Waals surface area contributed by atoms with E-state index in [9.17, 15) is 0 Å². The van der Waals surface area contributed by atoms with E-state index < -0.39 is 0 Å². The molecule has 0 saturated heterocycles. The molecule has 0 aliphatic carbocycles. The Labute approximate surface area is 251 Å². The Bertz CT molecular complexity index is 2250. The van der Waals surface area contributed by atoms with E-state index in [0.29, 0.717) is 0 Å². The van der Waals surface area contributed by atoms with Crippen LogP contribution in [0, 0.1) is 6.92 Å². The molecule has 7 aromatic carbocycles. The number of rotatable bonds is 5. The summed E-state index contributed by atoms with van der Waals surface area (Å²) in [5.74, 6) is 0. The number of furan rings is 1. The average Bonchev–Trinajstić information content (AvgIpc) is 3.46. The molecule has 2 nitrogen and oxygen atoms in total. The summed E-state index contributed by atoms with van der Waals surface area (Å²) in [6.07, 6.45) is 0. The second-order valence-corrected chi connectivity index (χ2v) is 11.0. The standard InChI is InChI=1S/C41H29NO/c1-28-14-12-25-39-40(28)36-27-38(34-22-8-9-23-35(34)41(36)43-39)42(32-20-13-19-31(26-32)29-15-4-2-5-16-29)37-24-11-10-21-33(37)30-17-6-3-7-18-30/h2-27H,1H3. The van der Waals surface area contributed by atoms with Crippen LogP contribution in [0.5, 0.6) is 0 Å². The summed E-state index contributed by atoms with van der Waals surface area (Å²) in [5.41, 5.74) is 11.1. The van der Waals surface area contributed by atoms with Gasteiger partial charge < -0.3 is 9.32 Å². The fraction of sp³-hybridized carbons (Fsp3) is 0.0244. The van der Waals surface area contributed by atoms with Crippen LogP contribution in [-0.4, -0.2) is 0 Å². The molecule has 0 saturated carbocycles. The van der Waals surface area contributed by atoms with Crippen molar-refractivity contribution in [2.75, 3.05) is 4.90 Å². The number of hydrogen-bond donors (Lipinski definition) is 0. The van der Waals surface area contributed by atoms with Crippen molar-refractivity contribution in [3.05, 3.63) is 163 Å². The van der Waals surface area contributed by atoms with E-state index in [-0.39, 0.29) is 0 Å². The van der Waals surface area contributed by atoms with Crippen molar-refractivity contribution in [1.82, 2.24) is 0 Å². The van der Waals surface area contributed by atoms with Crippen LogP contribution in [0.2, 0.25) is 0 Å². The second-order valence-electron chi connectivity index (χ2n) is 11.0. The van der Waals surface area contributed by atoms with Gasteiger partial charge in [-0.05, 0) is 59.5 Å². The van der Waals surface area contributed by atoms with Gasteiger partial charge in [0.2, 0.25) is 0 Å². The first-order valence-corrected chi connectivity index (χ1v) is 14.7. The molecule has 43 heavy (non-hydrogen) atoms. The van der Waals surface area contributed by atoms with Gasteiger partial charge >= 0.3 is 0 Å². The van der Waals surface area contributed by atoms with Gasteiger partial charge in [0.1, 0.15) is 11.2 Å². The number of hydrogen-bond acceptors (Lipinski definition) is 2. The Morgan fingerprint density at radius 2 is 1.12 bits per heavy atom. The molecule has 8 aromatic rings. The molecular formula is C41H29NO. The highest BCUT2D eigenvalue weighted by molar-refractivity contribution is 6.20. The molecule has 0 bridgehead atoms. The van der Waals surface area contributed by atoms with Crippen LogP contribution >= 0.6 is 0 Å². The molecule has 0 aliphatic heterocycles. The quantitative estimate of drug-likeness (QED) is 0.211. The summed E-state index contributed by atoms with van der Waals surface area (Å²) >= 11 is 0. The van der Waals surface area contributed by atoms with Gasteiger partial charge in [-0.15, -0.1) is 0 Å². The molecule has 0 unspecified atom stereocenters. The van der Waals surface area contributed by atoms with Gasteiger partial charge in [-0.3, -0.25) is 0 Å². The summed E-state index contributed by atoms with van der Waals surface area (Å²) in [5, 5.41) is 4.54. The Morgan fingerprint density at radius 1 is 0.465 bits per heavy atom. The highest BCUT2D eigenvalue weighted by atomic mass is 16.3. The number of nitrogens with zero attached hydrogens (tertiary/aromatic N) is 1. The van der Waals surface area contributed by atoms with Crippen molar-refractivity contribution in [2.45, 2.75) is 6.92 Å². The molecular weight excluding hydrogens is 522 g/mol. The molecule has 0 N–H and O–H groups in total. The molecule has 0 radical (unpaired) electrons. The van der Waals surface area contributed by atoms with Crippen LogP contribution in [-0.2, 0) is 0 Å². The SMILES string of the molecule is Cc1cccc2oc3c4ccccc4c(N(c4cccc(-c5ccccc5)c4)c4ccccc4-c4ccccc4)cc3c12. The first-order valence-electron chi connectivity index (χ1n) is 14.7. The lowest BCUT2D eigenvalue weighted by atomic mass is 9.98. The fourth-order valence-electron chi connectivity index (χ4n) is 6.38. The minimum atomic E-state index is 0.916. The van der Waals surface area contributed by atoms with Crippen LogP contribution in [0.3, 0.4) is 0 Å². The number of fused-ring (bicyclic) bond motifs is 5. The van der Waals surface area contributed by atoms with Crippen molar-refractivity contribution in [3.8, 4) is 22.3 Å². The van der Waals surface area contributed by atoms with Gasteiger partial charge in [0.25, 0.3) is 0 Å². The van der Waals surface area contributed by atoms with E-state index in [0.717, 1.165) is 44.4 Å². The monoisotopic (exact) mass is 551 g/mol. The lowest BCUT2D eigenvalue weighted by Crippen LogP contribution is -2.12. The zero-order chi connectivity index (χ0) is 28.8. The normalized spacial score (nSPS) is 11.4. The third-order valence-corrected chi connectivity index (χ3v) is 8.37. The first kappa shape index (κ1) is 25.1. The molecule has 0 fully saturated rings. The summed E-state index contributed by atoms with van der Waals surface area (Å²) < 4.78 is 6.54. The van der Waals surface area contributed by atoms with E-state index in [1.807, 2.05) is 0 Å². The maximum Gasteiger partial charge on any atom is 0.143 e. The first-order chi connectivity index (χ1) is 21.3.